The van der Waals surface area contributed by atoms with Crippen molar-refractivity contribution in [2.24, 2.45) is 0 Å². The molecule has 2 aliphatic rings. The maximum atomic E-state index is 6.13. The summed E-state index contributed by atoms with van der Waals surface area (Å²) in [5, 5.41) is 0. The van der Waals surface area contributed by atoms with Gasteiger partial charge in [-0.3, -0.25) is 0 Å². The second-order valence-electron chi connectivity index (χ2n) is 6.58. The van der Waals surface area contributed by atoms with Gasteiger partial charge >= 0.3 is 7.12 Å². The Morgan fingerprint density at radius 1 is 1.17 bits per heavy atom. The minimum Gasteiger partial charge on any atom is -0.403 e. The molecule has 1 aliphatic heterocycles. The topological polar surface area (TPSA) is 18.5 Å². The summed E-state index contributed by atoms with van der Waals surface area (Å²) in [5.74, 6) is 1.20. The molecule has 0 bridgehead atoms. The van der Waals surface area contributed by atoms with E-state index in [0.717, 1.165) is 0 Å². The Bertz CT molecular complexity index is 450. The SMILES string of the molecule is Cc1ccc(C2CC2B2OC(C)(C)C(C)(C)O2)s1. The normalized spacial score (nSPS) is 32.8. The van der Waals surface area contributed by atoms with Crippen molar-refractivity contribution in [1.82, 2.24) is 0 Å². The fraction of sp³-hybridized carbons (Fsp3) is 0.714. The summed E-state index contributed by atoms with van der Waals surface area (Å²) < 4.78 is 12.3. The van der Waals surface area contributed by atoms with E-state index >= 15 is 0 Å². The molecule has 4 heteroatoms. The second-order valence-corrected chi connectivity index (χ2v) is 7.90. The lowest BCUT2D eigenvalue weighted by molar-refractivity contribution is 0.00578. The molecule has 0 N–H and O–H groups in total. The van der Waals surface area contributed by atoms with Gasteiger partial charge in [0, 0.05) is 15.6 Å². The summed E-state index contributed by atoms with van der Waals surface area (Å²) >= 11 is 1.91. The lowest BCUT2D eigenvalue weighted by Gasteiger charge is -2.32. The third kappa shape index (κ3) is 1.95. The van der Waals surface area contributed by atoms with Gasteiger partial charge in [-0.1, -0.05) is 0 Å². The molecule has 1 aromatic heterocycles. The van der Waals surface area contributed by atoms with Gasteiger partial charge in [0.05, 0.1) is 11.2 Å². The Hall–Kier alpha value is -0.315. The molecule has 2 nitrogen and oxygen atoms in total. The molecule has 0 radical (unpaired) electrons. The average Bonchev–Trinajstić information content (AvgIpc) is 2.87. The van der Waals surface area contributed by atoms with Gasteiger partial charge in [0.25, 0.3) is 0 Å². The minimum absolute atomic E-state index is 0.0255. The van der Waals surface area contributed by atoms with Gasteiger partial charge < -0.3 is 9.31 Å². The van der Waals surface area contributed by atoms with Crippen LogP contribution in [0.25, 0.3) is 0 Å². The third-order valence-corrected chi connectivity index (χ3v) is 5.72. The van der Waals surface area contributed by atoms with Gasteiger partial charge in [0.2, 0.25) is 0 Å². The van der Waals surface area contributed by atoms with Crippen molar-refractivity contribution in [3.8, 4) is 0 Å². The molecular weight excluding hydrogens is 243 g/mol. The van der Waals surface area contributed by atoms with Crippen molar-refractivity contribution in [1.29, 1.82) is 0 Å². The molecule has 3 rings (SSSR count). The first-order chi connectivity index (χ1) is 8.30. The number of hydrogen-bond acceptors (Lipinski definition) is 3. The van der Waals surface area contributed by atoms with E-state index in [4.69, 9.17) is 9.31 Å². The van der Waals surface area contributed by atoms with E-state index in [2.05, 4.69) is 46.8 Å². The summed E-state index contributed by atoms with van der Waals surface area (Å²) in [6, 6.07) is 4.47. The van der Waals surface area contributed by atoms with E-state index in [9.17, 15) is 0 Å². The zero-order valence-electron chi connectivity index (χ0n) is 11.8. The lowest BCUT2D eigenvalue weighted by Crippen LogP contribution is -2.41. The smallest absolute Gasteiger partial charge is 0.403 e. The number of aryl methyl sites for hydroxylation is 1. The Morgan fingerprint density at radius 2 is 1.78 bits per heavy atom. The van der Waals surface area contributed by atoms with E-state index in [1.54, 1.807) is 0 Å². The predicted molar refractivity (Wildman–Crippen MR) is 76.2 cm³/mol. The number of thiophene rings is 1. The Morgan fingerprint density at radius 3 is 2.28 bits per heavy atom. The molecule has 18 heavy (non-hydrogen) atoms. The van der Waals surface area contributed by atoms with Crippen LogP contribution in [0.2, 0.25) is 5.82 Å². The maximum Gasteiger partial charge on any atom is 0.461 e. The average molecular weight is 264 g/mol. The standard InChI is InChI=1S/C14H21BO2S/c1-9-6-7-12(18-9)10-8-11(10)15-16-13(2,3)14(4,5)17-15/h6-7,10-11H,8H2,1-5H3. The maximum absolute atomic E-state index is 6.13. The van der Waals surface area contributed by atoms with Crippen LogP contribution in [-0.4, -0.2) is 18.3 Å². The molecular formula is C14H21BO2S. The van der Waals surface area contributed by atoms with Crippen molar-refractivity contribution < 1.29 is 9.31 Å². The van der Waals surface area contributed by atoms with Gasteiger partial charge in [-0.15, -0.1) is 11.3 Å². The van der Waals surface area contributed by atoms with Crippen LogP contribution in [0.15, 0.2) is 12.1 Å². The molecule has 1 saturated carbocycles. The van der Waals surface area contributed by atoms with Crippen molar-refractivity contribution in [3.63, 3.8) is 0 Å². The van der Waals surface area contributed by atoms with Crippen LogP contribution in [0.4, 0.5) is 0 Å². The molecule has 1 saturated heterocycles. The van der Waals surface area contributed by atoms with E-state index in [1.807, 2.05) is 11.3 Å². The third-order valence-electron chi connectivity index (χ3n) is 4.59. The van der Waals surface area contributed by atoms with Crippen LogP contribution in [0.3, 0.4) is 0 Å². The molecule has 2 heterocycles. The molecule has 0 aromatic carbocycles. The summed E-state index contributed by atoms with van der Waals surface area (Å²) in [4.78, 5) is 2.89. The molecule has 2 unspecified atom stereocenters. The van der Waals surface area contributed by atoms with Gasteiger partial charge in [-0.2, -0.15) is 0 Å². The highest BCUT2D eigenvalue weighted by atomic mass is 32.1. The summed E-state index contributed by atoms with van der Waals surface area (Å²) in [6.07, 6.45) is 1.21. The summed E-state index contributed by atoms with van der Waals surface area (Å²) in [6.45, 7) is 10.7. The van der Waals surface area contributed by atoms with Crippen molar-refractivity contribution in [2.75, 3.05) is 0 Å². The zero-order valence-corrected chi connectivity index (χ0v) is 12.6. The fourth-order valence-corrected chi connectivity index (χ4v) is 3.63. The first kappa shape index (κ1) is 12.7. The van der Waals surface area contributed by atoms with Gasteiger partial charge in [-0.25, -0.2) is 0 Å². The summed E-state index contributed by atoms with van der Waals surface area (Å²) in [5.41, 5.74) is -0.396. The lowest BCUT2D eigenvalue weighted by atomic mass is 9.80. The Kier molecular flexibility index (Phi) is 2.71. The first-order valence-electron chi connectivity index (χ1n) is 6.72. The van der Waals surface area contributed by atoms with Gasteiger partial charge in [0.15, 0.2) is 0 Å². The quantitative estimate of drug-likeness (QED) is 0.751. The van der Waals surface area contributed by atoms with Crippen molar-refractivity contribution in [3.05, 3.63) is 21.9 Å². The van der Waals surface area contributed by atoms with E-state index in [0.29, 0.717) is 11.7 Å². The first-order valence-corrected chi connectivity index (χ1v) is 7.54. The highest BCUT2D eigenvalue weighted by Gasteiger charge is 2.60. The number of hydrogen-bond donors (Lipinski definition) is 0. The van der Waals surface area contributed by atoms with Gasteiger partial charge in [0.1, 0.15) is 0 Å². The summed E-state index contributed by atoms with van der Waals surface area (Å²) in [7, 11) is -0.0255. The van der Waals surface area contributed by atoms with Crippen LogP contribution >= 0.6 is 11.3 Å². The Balaban J connectivity index is 1.70. The van der Waals surface area contributed by atoms with E-state index < -0.39 is 0 Å². The van der Waals surface area contributed by atoms with Gasteiger partial charge in [-0.05, 0) is 59.1 Å². The largest absolute Gasteiger partial charge is 0.461 e. The van der Waals surface area contributed by atoms with Crippen LogP contribution in [0, 0.1) is 6.92 Å². The molecule has 0 spiro atoms. The van der Waals surface area contributed by atoms with Crippen molar-refractivity contribution >= 4 is 18.5 Å². The predicted octanol–water partition coefficient (Wildman–Crippen LogP) is 4.01. The fourth-order valence-electron chi connectivity index (χ4n) is 2.56. The molecule has 1 aliphatic carbocycles. The molecule has 1 aromatic rings. The minimum atomic E-state index is -0.198. The zero-order chi connectivity index (χ0) is 13.1. The highest BCUT2D eigenvalue weighted by Crippen LogP contribution is 2.59. The monoisotopic (exact) mass is 264 g/mol. The van der Waals surface area contributed by atoms with E-state index in [-0.39, 0.29) is 18.3 Å². The van der Waals surface area contributed by atoms with Crippen LogP contribution < -0.4 is 0 Å². The molecule has 2 fully saturated rings. The van der Waals surface area contributed by atoms with E-state index in [1.165, 1.54) is 16.2 Å². The van der Waals surface area contributed by atoms with Crippen LogP contribution in [0.5, 0.6) is 0 Å². The van der Waals surface area contributed by atoms with Crippen LogP contribution in [-0.2, 0) is 9.31 Å². The number of rotatable bonds is 2. The second kappa shape index (κ2) is 3.84. The molecule has 98 valence electrons. The van der Waals surface area contributed by atoms with Crippen LogP contribution in [0.1, 0.15) is 49.8 Å². The molecule has 2 atom stereocenters. The highest BCUT2D eigenvalue weighted by molar-refractivity contribution is 7.12. The van der Waals surface area contributed by atoms with Crippen molar-refractivity contribution in [2.45, 2.75) is 64.0 Å². The molecule has 0 amide bonds. The Labute approximate surface area is 114 Å².